The van der Waals surface area contributed by atoms with Gasteiger partial charge in [0.1, 0.15) is 16.4 Å². The van der Waals surface area contributed by atoms with E-state index in [1.165, 1.54) is 26.4 Å². The van der Waals surface area contributed by atoms with Crippen LogP contribution in [0.2, 0.25) is 0 Å². The highest BCUT2D eigenvalue weighted by Gasteiger charge is 2.26. The fourth-order valence-corrected chi connectivity index (χ4v) is 3.17. The van der Waals surface area contributed by atoms with E-state index < -0.39 is 15.6 Å². The minimum Gasteiger partial charge on any atom is -0.495 e. The van der Waals surface area contributed by atoms with Crippen molar-refractivity contribution < 1.29 is 17.9 Å². The van der Waals surface area contributed by atoms with E-state index in [1.807, 2.05) is 0 Å². The van der Waals surface area contributed by atoms with E-state index in [1.54, 1.807) is 20.8 Å². The van der Waals surface area contributed by atoms with Crippen LogP contribution in [0.15, 0.2) is 17.0 Å². The number of methoxy groups -OCH3 is 2. The van der Waals surface area contributed by atoms with E-state index in [-0.39, 0.29) is 16.3 Å². The maximum Gasteiger partial charge on any atom is 0.244 e. The van der Waals surface area contributed by atoms with Gasteiger partial charge < -0.3 is 15.2 Å². The smallest absolute Gasteiger partial charge is 0.244 e. The van der Waals surface area contributed by atoms with Gasteiger partial charge in [0.2, 0.25) is 10.0 Å². The molecule has 0 aliphatic heterocycles. The number of anilines is 1. The van der Waals surface area contributed by atoms with E-state index >= 15 is 0 Å². The summed E-state index contributed by atoms with van der Waals surface area (Å²) in [6, 6.07) is 2.78. The molecule has 1 rings (SSSR count). The monoisotopic (exact) mass is 288 g/mol. The van der Waals surface area contributed by atoms with Crippen molar-refractivity contribution in [2.24, 2.45) is 0 Å². The van der Waals surface area contributed by atoms with Gasteiger partial charge in [-0.25, -0.2) is 13.1 Å². The molecular formula is C12H20N2O4S. The Morgan fingerprint density at radius 2 is 1.63 bits per heavy atom. The Morgan fingerprint density at radius 1 is 1.11 bits per heavy atom. The van der Waals surface area contributed by atoms with E-state index in [0.29, 0.717) is 5.75 Å². The van der Waals surface area contributed by atoms with Gasteiger partial charge in [-0.05, 0) is 26.8 Å². The standard InChI is InChI=1S/C12H20N2O4S/c1-12(2,3)14-19(15,16)11-6-8(13)9(17-4)7-10(11)18-5/h6-7,14H,13H2,1-5H3. The van der Waals surface area contributed by atoms with Crippen LogP contribution in [-0.4, -0.2) is 28.2 Å². The fraction of sp³-hybridized carbons (Fsp3) is 0.500. The molecular weight excluding hydrogens is 268 g/mol. The van der Waals surface area contributed by atoms with Gasteiger partial charge in [0.05, 0.1) is 19.9 Å². The summed E-state index contributed by atoms with van der Waals surface area (Å²) >= 11 is 0. The first-order valence-electron chi connectivity index (χ1n) is 5.66. The van der Waals surface area contributed by atoms with Gasteiger partial charge in [-0.3, -0.25) is 0 Å². The number of ether oxygens (including phenoxy) is 2. The van der Waals surface area contributed by atoms with Crippen LogP contribution < -0.4 is 19.9 Å². The highest BCUT2D eigenvalue weighted by molar-refractivity contribution is 7.89. The first kappa shape index (κ1) is 15.6. The Hall–Kier alpha value is -1.47. The quantitative estimate of drug-likeness (QED) is 0.816. The molecule has 0 unspecified atom stereocenters. The summed E-state index contributed by atoms with van der Waals surface area (Å²) in [6.07, 6.45) is 0. The highest BCUT2D eigenvalue weighted by atomic mass is 32.2. The molecule has 0 bridgehead atoms. The number of nitrogens with one attached hydrogen (secondary N) is 1. The maximum absolute atomic E-state index is 12.3. The van der Waals surface area contributed by atoms with Crippen molar-refractivity contribution in [1.29, 1.82) is 0 Å². The number of nitrogen functional groups attached to an aromatic ring is 1. The van der Waals surface area contributed by atoms with Gasteiger partial charge in [-0.1, -0.05) is 0 Å². The minimum absolute atomic E-state index is 0.0109. The zero-order chi connectivity index (χ0) is 14.8. The molecule has 3 N–H and O–H groups in total. The average Bonchev–Trinajstić information content (AvgIpc) is 2.25. The number of sulfonamides is 1. The van der Waals surface area contributed by atoms with Crippen molar-refractivity contribution in [1.82, 2.24) is 4.72 Å². The lowest BCUT2D eigenvalue weighted by Gasteiger charge is -2.21. The normalized spacial score (nSPS) is 12.3. The van der Waals surface area contributed by atoms with Crippen LogP contribution in [0.4, 0.5) is 5.69 Å². The van der Waals surface area contributed by atoms with Gasteiger partial charge >= 0.3 is 0 Å². The van der Waals surface area contributed by atoms with Crippen LogP contribution >= 0.6 is 0 Å². The third-order valence-electron chi connectivity index (χ3n) is 2.25. The van der Waals surface area contributed by atoms with Gasteiger partial charge in [-0.15, -0.1) is 0 Å². The number of benzene rings is 1. The molecule has 0 saturated carbocycles. The van der Waals surface area contributed by atoms with Crippen LogP contribution in [0.25, 0.3) is 0 Å². The topological polar surface area (TPSA) is 90.6 Å². The zero-order valence-corrected chi connectivity index (χ0v) is 12.6. The third-order valence-corrected chi connectivity index (χ3v) is 4.03. The molecule has 108 valence electrons. The number of hydrogen-bond acceptors (Lipinski definition) is 5. The maximum atomic E-state index is 12.3. The van der Waals surface area contributed by atoms with Crippen molar-refractivity contribution in [3.05, 3.63) is 12.1 Å². The second-order valence-corrected chi connectivity index (χ2v) is 6.75. The van der Waals surface area contributed by atoms with Crippen molar-refractivity contribution >= 4 is 15.7 Å². The Bertz CT molecular complexity index is 562. The van der Waals surface area contributed by atoms with Crippen molar-refractivity contribution in [2.75, 3.05) is 20.0 Å². The number of nitrogens with two attached hydrogens (primary N) is 1. The fourth-order valence-electron chi connectivity index (χ4n) is 1.56. The molecule has 0 amide bonds. The molecule has 6 nitrogen and oxygen atoms in total. The highest BCUT2D eigenvalue weighted by Crippen LogP contribution is 2.34. The summed E-state index contributed by atoms with van der Waals surface area (Å²) < 4.78 is 37.3. The van der Waals surface area contributed by atoms with Gasteiger partial charge in [0.25, 0.3) is 0 Å². The second kappa shape index (κ2) is 5.26. The lowest BCUT2D eigenvalue weighted by atomic mass is 10.1. The summed E-state index contributed by atoms with van der Waals surface area (Å²) in [7, 11) is -0.878. The Balaban J connectivity index is 3.38. The van der Waals surface area contributed by atoms with Crippen LogP contribution in [0.1, 0.15) is 20.8 Å². The molecule has 19 heavy (non-hydrogen) atoms. The Labute approximate surface area is 113 Å². The molecule has 0 saturated heterocycles. The predicted molar refractivity (Wildman–Crippen MR) is 74.0 cm³/mol. The van der Waals surface area contributed by atoms with Gasteiger partial charge in [0, 0.05) is 11.6 Å². The van der Waals surface area contributed by atoms with Crippen LogP contribution in [0, 0.1) is 0 Å². The molecule has 7 heteroatoms. The van der Waals surface area contributed by atoms with Crippen molar-refractivity contribution in [3.63, 3.8) is 0 Å². The van der Waals surface area contributed by atoms with E-state index in [4.69, 9.17) is 15.2 Å². The van der Waals surface area contributed by atoms with E-state index in [0.717, 1.165) is 0 Å². The van der Waals surface area contributed by atoms with E-state index in [2.05, 4.69) is 4.72 Å². The Morgan fingerprint density at radius 3 is 2.05 bits per heavy atom. The zero-order valence-electron chi connectivity index (χ0n) is 11.8. The molecule has 0 aliphatic rings. The molecule has 0 atom stereocenters. The van der Waals surface area contributed by atoms with Crippen LogP contribution in [0.5, 0.6) is 11.5 Å². The summed E-state index contributed by atoms with van der Waals surface area (Å²) in [6.45, 7) is 5.26. The van der Waals surface area contributed by atoms with E-state index in [9.17, 15) is 8.42 Å². The van der Waals surface area contributed by atoms with Crippen molar-refractivity contribution in [2.45, 2.75) is 31.2 Å². The molecule has 0 spiro atoms. The first-order valence-corrected chi connectivity index (χ1v) is 7.14. The number of rotatable bonds is 4. The van der Waals surface area contributed by atoms with Crippen LogP contribution in [-0.2, 0) is 10.0 Å². The van der Waals surface area contributed by atoms with Gasteiger partial charge in [0.15, 0.2) is 0 Å². The molecule has 0 radical (unpaired) electrons. The Kier molecular flexibility index (Phi) is 4.32. The molecule has 1 aromatic carbocycles. The largest absolute Gasteiger partial charge is 0.495 e. The summed E-state index contributed by atoms with van der Waals surface area (Å²) in [5, 5.41) is 0. The number of hydrogen-bond donors (Lipinski definition) is 2. The third kappa shape index (κ3) is 3.74. The summed E-state index contributed by atoms with van der Waals surface area (Å²) in [5.41, 5.74) is 5.38. The molecule has 0 heterocycles. The summed E-state index contributed by atoms with van der Waals surface area (Å²) in [5.74, 6) is 0.550. The predicted octanol–water partition coefficient (Wildman–Crippen LogP) is 1.36. The lowest BCUT2D eigenvalue weighted by Crippen LogP contribution is -2.40. The lowest BCUT2D eigenvalue weighted by molar-refractivity contribution is 0.386. The van der Waals surface area contributed by atoms with Crippen LogP contribution in [0.3, 0.4) is 0 Å². The minimum atomic E-state index is -3.72. The van der Waals surface area contributed by atoms with Crippen molar-refractivity contribution in [3.8, 4) is 11.5 Å². The summed E-state index contributed by atoms with van der Waals surface area (Å²) in [4.78, 5) is -0.0109. The van der Waals surface area contributed by atoms with Gasteiger partial charge in [-0.2, -0.15) is 0 Å². The SMILES string of the molecule is COc1cc(OC)c(S(=O)(=O)NC(C)(C)C)cc1N. The first-order chi connectivity index (χ1) is 8.60. The average molecular weight is 288 g/mol. The second-order valence-electron chi connectivity index (χ2n) is 5.10. The molecule has 0 fully saturated rings. The molecule has 1 aromatic rings. The molecule has 0 aromatic heterocycles. The molecule has 0 aliphatic carbocycles.